The summed E-state index contributed by atoms with van der Waals surface area (Å²) in [5.41, 5.74) is 3.58. The zero-order valence-corrected chi connectivity index (χ0v) is 18.9. The largest absolute Gasteiger partial charge is 0.356 e. The molecule has 1 atom stereocenters. The van der Waals surface area contributed by atoms with Crippen LogP contribution in [-0.2, 0) is 6.54 Å². The highest BCUT2D eigenvalue weighted by molar-refractivity contribution is 14.0. The van der Waals surface area contributed by atoms with Crippen molar-refractivity contribution in [1.82, 2.24) is 10.2 Å². The Bertz CT molecular complexity index is 756. The number of nitrogens with one attached hydrogen (secondary N) is 2. The van der Waals surface area contributed by atoms with Gasteiger partial charge in [-0.3, -0.25) is 0 Å². The molecule has 1 saturated carbocycles. The molecule has 150 valence electrons. The van der Waals surface area contributed by atoms with E-state index in [2.05, 4.69) is 58.9 Å². The van der Waals surface area contributed by atoms with Crippen molar-refractivity contribution < 1.29 is 0 Å². The molecule has 1 aliphatic heterocycles. The Balaban J connectivity index is 0.00000225. The van der Waals surface area contributed by atoms with E-state index in [-0.39, 0.29) is 24.0 Å². The summed E-state index contributed by atoms with van der Waals surface area (Å²) >= 11 is 0. The first kappa shape index (κ1) is 21.1. The first-order valence-electron chi connectivity index (χ1n) is 10.2. The lowest BCUT2D eigenvalue weighted by Crippen LogP contribution is -2.36. The summed E-state index contributed by atoms with van der Waals surface area (Å²) in [6.07, 6.45) is 4.10. The van der Waals surface area contributed by atoms with Gasteiger partial charge in [0.15, 0.2) is 5.96 Å². The summed E-state index contributed by atoms with van der Waals surface area (Å²) in [6, 6.07) is 19.8. The Hall–Kier alpha value is -1.60. The molecule has 1 heterocycles. The van der Waals surface area contributed by atoms with Crippen molar-refractivity contribution in [2.45, 2.75) is 38.8 Å². The predicted molar refractivity (Wildman–Crippen MR) is 129 cm³/mol. The average Bonchev–Trinajstić information content (AvgIpc) is 3.44. The van der Waals surface area contributed by atoms with E-state index in [0.717, 1.165) is 24.2 Å². The van der Waals surface area contributed by atoms with Crippen LogP contribution < -0.4 is 10.6 Å². The fourth-order valence-corrected chi connectivity index (χ4v) is 3.70. The molecule has 2 fully saturated rings. The van der Waals surface area contributed by atoms with Crippen LogP contribution in [0.3, 0.4) is 0 Å². The maximum absolute atomic E-state index is 4.83. The molecule has 2 aromatic rings. The highest BCUT2D eigenvalue weighted by atomic mass is 127. The molecule has 2 N–H and O–H groups in total. The number of aliphatic imine (C=N–C) groups is 1. The van der Waals surface area contributed by atoms with E-state index >= 15 is 0 Å². The fraction of sp³-hybridized carbons (Fsp3) is 0.435. The van der Waals surface area contributed by atoms with Crippen molar-refractivity contribution in [3.63, 3.8) is 0 Å². The van der Waals surface area contributed by atoms with Gasteiger partial charge in [0.2, 0.25) is 0 Å². The second-order valence-corrected chi connectivity index (χ2v) is 7.90. The Kier molecular flexibility index (Phi) is 7.73. The number of aryl methyl sites for hydroxylation is 1. The first-order valence-corrected chi connectivity index (χ1v) is 10.2. The molecule has 0 bridgehead atoms. The highest BCUT2D eigenvalue weighted by Gasteiger charge is 2.34. The molecule has 0 amide bonds. The van der Waals surface area contributed by atoms with Crippen LogP contribution in [0.1, 0.15) is 30.4 Å². The second-order valence-electron chi connectivity index (χ2n) is 7.90. The summed E-state index contributed by atoms with van der Waals surface area (Å²) < 4.78 is 0. The molecule has 1 aliphatic carbocycles. The van der Waals surface area contributed by atoms with Gasteiger partial charge >= 0.3 is 0 Å². The van der Waals surface area contributed by atoms with Crippen LogP contribution >= 0.6 is 24.0 Å². The summed E-state index contributed by atoms with van der Waals surface area (Å²) in [7, 11) is 0. The van der Waals surface area contributed by atoms with Gasteiger partial charge in [-0.15, -0.1) is 24.0 Å². The monoisotopic (exact) mass is 490 g/mol. The number of rotatable bonds is 6. The maximum atomic E-state index is 4.83. The third-order valence-electron chi connectivity index (χ3n) is 5.52. The molecular formula is C23H31IN4. The number of anilines is 1. The van der Waals surface area contributed by atoms with Crippen molar-refractivity contribution in [1.29, 1.82) is 0 Å². The summed E-state index contributed by atoms with van der Waals surface area (Å²) in [5, 5.41) is 7.04. The molecule has 5 heteroatoms. The third-order valence-corrected chi connectivity index (χ3v) is 5.52. The molecule has 1 saturated heterocycles. The number of nitrogens with zero attached hydrogens (tertiary/aromatic N) is 2. The van der Waals surface area contributed by atoms with Gasteiger partial charge in [-0.05, 0) is 56.3 Å². The lowest BCUT2D eigenvalue weighted by atomic mass is 10.1. The van der Waals surface area contributed by atoms with Crippen molar-refractivity contribution in [3.05, 3.63) is 65.7 Å². The van der Waals surface area contributed by atoms with Gasteiger partial charge in [-0.2, -0.15) is 0 Å². The number of hydrogen-bond donors (Lipinski definition) is 2. The van der Waals surface area contributed by atoms with Crippen LogP contribution in [0, 0.1) is 12.8 Å². The SMILES string of the molecule is Cc1ccc(CN=C(NCC2CCN(C3CC3)C2)Nc2ccccc2)cc1.I. The van der Waals surface area contributed by atoms with E-state index in [0.29, 0.717) is 12.5 Å². The van der Waals surface area contributed by atoms with Crippen molar-refractivity contribution in [2.75, 3.05) is 25.0 Å². The van der Waals surface area contributed by atoms with Crippen LogP contribution in [0.2, 0.25) is 0 Å². The summed E-state index contributed by atoms with van der Waals surface area (Å²) in [4.78, 5) is 7.49. The van der Waals surface area contributed by atoms with E-state index in [1.807, 2.05) is 18.2 Å². The van der Waals surface area contributed by atoms with E-state index in [9.17, 15) is 0 Å². The van der Waals surface area contributed by atoms with Crippen molar-refractivity contribution >= 4 is 35.6 Å². The lowest BCUT2D eigenvalue weighted by Gasteiger charge is -2.17. The number of para-hydroxylation sites is 1. The molecule has 0 spiro atoms. The fourth-order valence-electron chi connectivity index (χ4n) is 3.70. The van der Waals surface area contributed by atoms with Gasteiger partial charge in [0, 0.05) is 24.8 Å². The minimum Gasteiger partial charge on any atom is -0.356 e. The van der Waals surface area contributed by atoms with Crippen LogP contribution in [-0.4, -0.2) is 36.5 Å². The number of likely N-dealkylation sites (tertiary alicyclic amines) is 1. The van der Waals surface area contributed by atoms with Crippen LogP contribution in [0.5, 0.6) is 0 Å². The van der Waals surface area contributed by atoms with Crippen LogP contribution in [0.4, 0.5) is 5.69 Å². The van der Waals surface area contributed by atoms with Gasteiger partial charge < -0.3 is 15.5 Å². The lowest BCUT2D eigenvalue weighted by molar-refractivity contribution is 0.314. The van der Waals surface area contributed by atoms with Gasteiger partial charge in [0.1, 0.15) is 0 Å². The Morgan fingerprint density at radius 3 is 2.50 bits per heavy atom. The normalized spacial score (nSPS) is 19.9. The molecule has 2 aromatic carbocycles. The van der Waals surface area contributed by atoms with Crippen molar-refractivity contribution in [2.24, 2.45) is 10.9 Å². The van der Waals surface area contributed by atoms with E-state index in [1.54, 1.807) is 0 Å². The molecule has 0 radical (unpaired) electrons. The van der Waals surface area contributed by atoms with Gasteiger partial charge in [0.25, 0.3) is 0 Å². The summed E-state index contributed by atoms with van der Waals surface area (Å²) in [6.45, 7) is 6.27. The molecular weight excluding hydrogens is 459 g/mol. The molecule has 28 heavy (non-hydrogen) atoms. The van der Waals surface area contributed by atoms with Gasteiger partial charge in [0.05, 0.1) is 6.54 Å². The van der Waals surface area contributed by atoms with Gasteiger partial charge in [-0.25, -0.2) is 4.99 Å². The number of halogens is 1. The van der Waals surface area contributed by atoms with E-state index in [1.165, 1.54) is 43.5 Å². The first-order chi connectivity index (χ1) is 13.3. The second kappa shape index (κ2) is 10.3. The minimum atomic E-state index is 0. The molecule has 0 aromatic heterocycles. The minimum absolute atomic E-state index is 0. The van der Waals surface area contributed by atoms with Gasteiger partial charge in [-0.1, -0.05) is 48.0 Å². The average molecular weight is 490 g/mol. The number of benzene rings is 2. The number of hydrogen-bond acceptors (Lipinski definition) is 2. The van der Waals surface area contributed by atoms with Crippen LogP contribution in [0.15, 0.2) is 59.6 Å². The zero-order valence-electron chi connectivity index (χ0n) is 16.6. The zero-order chi connectivity index (χ0) is 18.5. The maximum Gasteiger partial charge on any atom is 0.196 e. The van der Waals surface area contributed by atoms with Crippen LogP contribution in [0.25, 0.3) is 0 Å². The van der Waals surface area contributed by atoms with E-state index < -0.39 is 0 Å². The Morgan fingerprint density at radius 2 is 1.79 bits per heavy atom. The summed E-state index contributed by atoms with van der Waals surface area (Å²) in [5.74, 6) is 1.58. The molecule has 4 rings (SSSR count). The Morgan fingerprint density at radius 1 is 1.04 bits per heavy atom. The third kappa shape index (κ3) is 6.21. The smallest absolute Gasteiger partial charge is 0.196 e. The molecule has 1 unspecified atom stereocenters. The van der Waals surface area contributed by atoms with E-state index in [4.69, 9.17) is 4.99 Å². The standard InChI is InChI=1S/C23H30N4.HI/c1-18-7-9-19(10-8-18)15-24-23(26-21-5-3-2-4-6-21)25-16-20-13-14-27(17-20)22-11-12-22;/h2-10,20,22H,11-17H2,1H3,(H2,24,25,26);1H. The topological polar surface area (TPSA) is 39.7 Å². The highest BCUT2D eigenvalue weighted by Crippen LogP contribution is 2.31. The quantitative estimate of drug-likeness (QED) is 0.352. The van der Waals surface area contributed by atoms with Crippen molar-refractivity contribution in [3.8, 4) is 0 Å². The predicted octanol–water partition coefficient (Wildman–Crippen LogP) is 4.66. The Labute approximate surface area is 185 Å². The number of guanidine groups is 1. The molecule has 2 aliphatic rings. The molecule has 4 nitrogen and oxygen atoms in total.